The van der Waals surface area contributed by atoms with Crippen LogP contribution in [0.1, 0.15) is 68.4 Å². The largest absolute Gasteiger partial charge is 0.465 e. The zero-order valence-electron chi connectivity index (χ0n) is 23.1. The van der Waals surface area contributed by atoms with Gasteiger partial charge in [-0.2, -0.15) is 0 Å². The number of anilines is 1. The SMILES string of the molecule is COC(=O)c1sc(C#CC(C)(C)C)cc1N(CC(=O)N1CCOCC1)C(=O)C1CC[C@@H](C)C(OC(C)=O)C1. The molecule has 3 rings (SSSR count). The number of morpholine rings is 1. The van der Waals surface area contributed by atoms with Crippen molar-refractivity contribution >= 4 is 40.8 Å². The molecule has 1 aromatic heterocycles. The Balaban J connectivity index is 2.00. The molecule has 208 valence electrons. The Bertz CT molecular complexity index is 1100. The minimum atomic E-state index is -0.597. The molecule has 38 heavy (non-hydrogen) atoms. The monoisotopic (exact) mass is 546 g/mol. The Morgan fingerprint density at radius 3 is 2.47 bits per heavy atom. The van der Waals surface area contributed by atoms with Crippen molar-refractivity contribution in [1.82, 2.24) is 4.90 Å². The van der Waals surface area contributed by atoms with Crippen molar-refractivity contribution in [2.45, 2.75) is 60.0 Å². The molecule has 0 N–H and O–H groups in total. The van der Waals surface area contributed by atoms with E-state index in [1.165, 1.54) is 18.9 Å². The second-order valence-electron chi connectivity index (χ2n) is 10.9. The number of carbonyl (C=O) groups is 4. The number of ether oxygens (including phenoxy) is 3. The first-order chi connectivity index (χ1) is 17.9. The summed E-state index contributed by atoms with van der Waals surface area (Å²) in [5.41, 5.74) is 0.0522. The lowest BCUT2D eigenvalue weighted by Crippen LogP contribution is -2.49. The number of methoxy groups -OCH3 is 1. The molecule has 9 nitrogen and oxygen atoms in total. The normalized spacial score (nSPS) is 21.6. The lowest BCUT2D eigenvalue weighted by atomic mass is 9.80. The summed E-state index contributed by atoms with van der Waals surface area (Å²) in [5, 5.41) is 0. The zero-order chi connectivity index (χ0) is 28.0. The van der Waals surface area contributed by atoms with E-state index in [9.17, 15) is 19.2 Å². The van der Waals surface area contributed by atoms with Crippen LogP contribution in [-0.2, 0) is 28.6 Å². The Kier molecular flexibility index (Phi) is 9.96. The number of hydrogen-bond donors (Lipinski definition) is 0. The summed E-state index contributed by atoms with van der Waals surface area (Å²) in [4.78, 5) is 55.7. The molecular formula is C28H38N2O7S. The van der Waals surface area contributed by atoms with Crippen molar-refractivity contribution < 1.29 is 33.4 Å². The van der Waals surface area contributed by atoms with Crippen LogP contribution < -0.4 is 4.90 Å². The number of nitrogens with zero attached hydrogens (tertiary/aromatic N) is 2. The van der Waals surface area contributed by atoms with Crippen molar-refractivity contribution in [2.24, 2.45) is 17.3 Å². The second-order valence-corrected chi connectivity index (χ2v) is 11.9. The van der Waals surface area contributed by atoms with Crippen LogP contribution in [0.25, 0.3) is 0 Å². The van der Waals surface area contributed by atoms with Crippen LogP contribution in [0.3, 0.4) is 0 Å². The number of esters is 2. The Hall–Kier alpha value is -2.90. The quantitative estimate of drug-likeness (QED) is 0.398. The third kappa shape index (κ3) is 7.81. The van der Waals surface area contributed by atoms with E-state index < -0.39 is 11.9 Å². The Morgan fingerprint density at radius 2 is 1.87 bits per heavy atom. The van der Waals surface area contributed by atoms with Crippen molar-refractivity contribution in [3.8, 4) is 11.8 Å². The molecule has 1 aliphatic heterocycles. The minimum absolute atomic E-state index is 0.123. The first-order valence-electron chi connectivity index (χ1n) is 13.0. The fourth-order valence-corrected chi connectivity index (χ4v) is 5.50. The van der Waals surface area contributed by atoms with E-state index in [-0.39, 0.29) is 46.6 Å². The summed E-state index contributed by atoms with van der Waals surface area (Å²) in [6, 6.07) is 1.69. The van der Waals surface area contributed by atoms with Gasteiger partial charge in [0.15, 0.2) is 0 Å². The summed E-state index contributed by atoms with van der Waals surface area (Å²) in [6.07, 6.45) is 1.27. The first kappa shape index (κ1) is 29.7. The van der Waals surface area contributed by atoms with Gasteiger partial charge in [-0.15, -0.1) is 11.3 Å². The zero-order valence-corrected chi connectivity index (χ0v) is 23.9. The van der Waals surface area contributed by atoms with Crippen LogP contribution in [0, 0.1) is 29.1 Å². The first-order valence-corrected chi connectivity index (χ1v) is 13.8. The highest BCUT2D eigenvalue weighted by molar-refractivity contribution is 7.15. The van der Waals surface area contributed by atoms with Crippen LogP contribution in [-0.4, -0.2) is 74.7 Å². The fraction of sp³-hybridized carbons (Fsp3) is 0.643. The van der Waals surface area contributed by atoms with Gasteiger partial charge in [0.2, 0.25) is 11.8 Å². The van der Waals surface area contributed by atoms with Crippen LogP contribution in [0.4, 0.5) is 5.69 Å². The van der Waals surface area contributed by atoms with E-state index in [4.69, 9.17) is 14.2 Å². The molecular weight excluding hydrogens is 508 g/mol. The van der Waals surface area contributed by atoms with Crippen LogP contribution in [0.2, 0.25) is 0 Å². The number of amides is 2. The van der Waals surface area contributed by atoms with E-state index >= 15 is 0 Å². The lowest BCUT2D eigenvalue weighted by Gasteiger charge is -2.36. The molecule has 10 heteroatoms. The van der Waals surface area contributed by atoms with E-state index in [1.54, 1.807) is 11.0 Å². The van der Waals surface area contributed by atoms with E-state index in [1.807, 2.05) is 27.7 Å². The van der Waals surface area contributed by atoms with E-state index in [0.717, 1.165) is 11.3 Å². The molecule has 1 aliphatic carbocycles. The highest BCUT2D eigenvalue weighted by Gasteiger charge is 2.38. The fourth-order valence-electron chi connectivity index (χ4n) is 4.56. The smallest absolute Gasteiger partial charge is 0.350 e. The van der Waals surface area contributed by atoms with Gasteiger partial charge in [-0.05, 0) is 52.0 Å². The number of hydrogen-bond acceptors (Lipinski definition) is 8. The van der Waals surface area contributed by atoms with Gasteiger partial charge in [0.05, 0.1) is 30.9 Å². The van der Waals surface area contributed by atoms with Gasteiger partial charge in [-0.25, -0.2) is 4.79 Å². The van der Waals surface area contributed by atoms with Crippen molar-refractivity contribution in [2.75, 3.05) is 44.9 Å². The minimum Gasteiger partial charge on any atom is -0.465 e. The van der Waals surface area contributed by atoms with E-state index in [0.29, 0.717) is 56.1 Å². The molecule has 0 bridgehead atoms. The third-order valence-electron chi connectivity index (χ3n) is 6.65. The predicted molar refractivity (Wildman–Crippen MR) is 144 cm³/mol. The molecule has 0 aromatic carbocycles. The van der Waals surface area contributed by atoms with Gasteiger partial charge in [0.25, 0.3) is 0 Å². The van der Waals surface area contributed by atoms with Crippen molar-refractivity contribution in [3.05, 3.63) is 15.8 Å². The third-order valence-corrected chi connectivity index (χ3v) is 7.67. The van der Waals surface area contributed by atoms with E-state index in [2.05, 4.69) is 11.8 Å². The standard InChI is InChI=1S/C28H38N2O7S/c1-18-7-8-20(15-23(18)37-19(2)31)26(33)30(17-24(32)29-11-13-36-14-12-29)22-16-21(9-10-28(3,4)5)38-25(22)27(34)35-6/h16,18,20,23H,7-8,11-15,17H2,1-6H3/t18-,20?,23?/m1/s1. The summed E-state index contributed by atoms with van der Waals surface area (Å²) in [5.74, 6) is 4.41. The van der Waals surface area contributed by atoms with Crippen LogP contribution in [0.5, 0.6) is 0 Å². The number of carbonyl (C=O) groups excluding carboxylic acids is 4. The molecule has 3 atom stereocenters. The molecule has 2 heterocycles. The maximum Gasteiger partial charge on any atom is 0.350 e. The number of thiophene rings is 1. The van der Waals surface area contributed by atoms with Gasteiger partial charge >= 0.3 is 11.9 Å². The molecule has 2 amide bonds. The Labute approximate surface area is 228 Å². The van der Waals surface area contributed by atoms with Gasteiger partial charge in [0.1, 0.15) is 17.5 Å². The summed E-state index contributed by atoms with van der Waals surface area (Å²) >= 11 is 1.14. The van der Waals surface area contributed by atoms with Gasteiger partial charge in [-0.1, -0.05) is 18.8 Å². The highest BCUT2D eigenvalue weighted by atomic mass is 32.1. The molecule has 1 saturated carbocycles. The second kappa shape index (κ2) is 12.8. The highest BCUT2D eigenvalue weighted by Crippen LogP contribution is 2.36. The van der Waals surface area contributed by atoms with Crippen molar-refractivity contribution in [1.29, 1.82) is 0 Å². The van der Waals surface area contributed by atoms with Crippen LogP contribution >= 0.6 is 11.3 Å². The molecule has 2 unspecified atom stereocenters. The Morgan fingerprint density at radius 1 is 1.18 bits per heavy atom. The molecule has 2 fully saturated rings. The van der Waals surface area contributed by atoms with Crippen LogP contribution in [0.15, 0.2) is 6.07 Å². The molecule has 1 aromatic rings. The lowest BCUT2D eigenvalue weighted by molar-refractivity contribution is -0.153. The topological polar surface area (TPSA) is 102 Å². The molecule has 2 aliphatic rings. The summed E-state index contributed by atoms with van der Waals surface area (Å²) in [6.45, 7) is 10.8. The maximum atomic E-state index is 14.1. The molecule has 0 radical (unpaired) electrons. The predicted octanol–water partition coefficient (Wildman–Crippen LogP) is 3.49. The maximum absolute atomic E-state index is 14.1. The average Bonchev–Trinajstić information content (AvgIpc) is 3.30. The molecule has 1 saturated heterocycles. The summed E-state index contributed by atoms with van der Waals surface area (Å²) in [7, 11) is 1.28. The average molecular weight is 547 g/mol. The van der Waals surface area contributed by atoms with Gasteiger partial charge in [0, 0.05) is 31.3 Å². The van der Waals surface area contributed by atoms with Gasteiger partial charge in [-0.3, -0.25) is 14.4 Å². The molecule has 0 spiro atoms. The number of rotatable bonds is 6. The summed E-state index contributed by atoms with van der Waals surface area (Å²) < 4.78 is 15.9. The van der Waals surface area contributed by atoms with Gasteiger partial charge < -0.3 is 24.0 Å². The van der Waals surface area contributed by atoms with Crippen molar-refractivity contribution in [3.63, 3.8) is 0 Å².